The van der Waals surface area contributed by atoms with Crippen LogP contribution >= 0.6 is 0 Å². The lowest BCUT2D eigenvalue weighted by Gasteiger charge is -2.62. The number of aliphatic carboxylic acids is 4. The first-order valence-electron chi connectivity index (χ1n) is 15.4. The van der Waals surface area contributed by atoms with Gasteiger partial charge in [0, 0.05) is 25.2 Å². The number of nitrogens with zero attached hydrogens (tertiary/aromatic N) is 1. The summed E-state index contributed by atoms with van der Waals surface area (Å²) in [6.45, 7) is 8.19. The molecule has 1 aromatic rings. The highest BCUT2D eigenvalue weighted by Gasteiger charge is 2.57. The third-order valence-corrected chi connectivity index (χ3v) is 8.05. The van der Waals surface area contributed by atoms with Gasteiger partial charge in [-0.2, -0.15) is 52.7 Å². The van der Waals surface area contributed by atoms with Crippen LogP contribution in [0, 0.1) is 11.3 Å². The summed E-state index contributed by atoms with van der Waals surface area (Å²) < 4.78 is 127. The van der Waals surface area contributed by atoms with E-state index in [1.165, 1.54) is 24.8 Å². The van der Waals surface area contributed by atoms with Gasteiger partial charge in [0.05, 0.1) is 5.54 Å². The number of amides is 1. The molecule has 0 aromatic heterocycles. The molecule has 3 aliphatic rings. The Balaban J connectivity index is 0.000000849. The smallest absolute Gasteiger partial charge is 0.475 e. The number of alkyl halides is 12. The molecule has 2 saturated carbocycles. The molecule has 3 fully saturated rings. The van der Waals surface area contributed by atoms with Crippen LogP contribution in [0.4, 0.5) is 52.7 Å². The maximum Gasteiger partial charge on any atom is 0.490 e. The predicted molar refractivity (Wildman–Crippen MR) is 165 cm³/mol. The number of carboxylic acid groups (broad SMARTS) is 4. The molecule has 0 bridgehead atoms. The van der Waals surface area contributed by atoms with Crippen LogP contribution < -0.4 is 11.1 Å². The van der Waals surface area contributed by atoms with Crippen molar-refractivity contribution in [2.24, 2.45) is 17.1 Å². The lowest BCUT2D eigenvalue weighted by Crippen LogP contribution is -2.72. The Morgan fingerprint density at radius 3 is 1.38 bits per heavy atom. The largest absolute Gasteiger partial charge is 0.490 e. The van der Waals surface area contributed by atoms with Crippen molar-refractivity contribution in [1.82, 2.24) is 10.2 Å². The Morgan fingerprint density at radius 2 is 1.09 bits per heavy atom. The maximum absolute atomic E-state index is 11.6. The van der Waals surface area contributed by atoms with E-state index in [2.05, 4.69) is 53.5 Å². The van der Waals surface area contributed by atoms with E-state index < -0.39 is 54.1 Å². The molecule has 1 spiro atoms. The van der Waals surface area contributed by atoms with Crippen molar-refractivity contribution < 1.29 is 97.1 Å². The van der Waals surface area contributed by atoms with Crippen LogP contribution in [0.15, 0.2) is 35.9 Å². The van der Waals surface area contributed by atoms with Crippen molar-refractivity contribution in [1.29, 1.82) is 0 Å². The van der Waals surface area contributed by atoms with Crippen LogP contribution in [-0.2, 0) is 24.0 Å². The molecule has 314 valence electrons. The molecule has 4 rings (SSSR count). The Hall–Kier alpha value is -4.61. The van der Waals surface area contributed by atoms with Crippen LogP contribution in [-0.4, -0.2) is 111 Å². The number of nitrogens with one attached hydrogen (secondary N) is 1. The summed E-state index contributed by atoms with van der Waals surface area (Å²) in [5.74, 6) is -10.5. The van der Waals surface area contributed by atoms with Crippen LogP contribution in [0.25, 0.3) is 6.08 Å². The first-order valence-corrected chi connectivity index (χ1v) is 15.4. The van der Waals surface area contributed by atoms with Crippen molar-refractivity contribution in [3.8, 4) is 0 Å². The van der Waals surface area contributed by atoms with E-state index in [4.69, 9.17) is 45.3 Å². The monoisotopic (exact) mass is 823 g/mol. The number of primary amides is 1. The fourth-order valence-corrected chi connectivity index (χ4v) is 5.00. The number of benzene rings is 1. The second-order valence-corrected chi connectivity index (χ2v) is 12.7. The molecule has 0 radical (unpaired) electrons. The van der Waals surface area contributed by atoms with Gasteiger partial charge in [0.25, 0.3) is 0 Å². The highest BCUT2D eigenvalue weighted by molar-refractivity contribution is 5.83. The number of hydrogen-bond donors (Lipinski definition) is 6. The second-order valence-electron chi connectivity index (χ2n) is 12.7. The van der Waals surface area contributed by atoms with Crippen LogP contribution in [0.3, 0.4) is 0 Å². The van der Waals surface area contributed by atoms with Gasteiger partial charge in [-0.3, -0.25) is 9.69 Å². The molecule has 0 unspecified atom stereocenters. The summed E-state index contributed by atoms with van der Waals surface area (Å²) in [5.41, 5.74) is 8.36. The molecule has 12 nitrogen and oxygen atoms in total. The number of rotatable bonds is 7. The number of hydrogen-bond acceptors (Lipinski definition) is 7. The summed E-state index contributed by atoms with van der Waals surface area (Å²) in [4.78, 5) is 49.4. The summed E-state index contributed by atoms with van der Waals surface area (Å²) in [7, 11) is 0. The number of carboxylic acids is 4. The van der Waals surface area contributed by atoms with Crippen molar-refractivity contribution in [2.45, 2.75) is 88.8 Å². The van der Waals surface area contributed by atoms with Crippen molar-refractivity contribution in [2.75, 3.05) is 13.1 Å². The molecule has 1 aliphatic heterocycles. The SMILES string of the molecule is CC/C(=C\c1ccccc1)[C@H]1C[C@@H]1NC1CC2(C1)CN(C(C)(C)C(N)=O)C2.O=C(O)C(F)(F)F.O=C(O)C(F)(F)F.O=C(O)C(F)(F)F.O=C(O)C(F)(F)F. The van der Waals surface area contributed by atoms with Crippen molar-refractivity contribution in [3.05, 3.63) is 41.5 Å². The zero-order valence-electron chi connectivity index (χ0n) is 28.8. The maximum atomic E-state index is 11.6. The third kappa shape index (κ3) is 17.6. The van der Waals surface area contributed by atoms with Gasteiger partial charge in [-0.1, -0.05) is 48.9 Å². The van der Waals surface area contributed by atoms with Gasteiger partial charge in [0.15, 0.2) is 0 Å². The van der Waals surface area contributed by atoms with Crippen molar-refractivity contribution >= 4 is 35.9 Å². The fraction of sp³-hybridized carbons (Fsp3) is 0.581. The number of nitrogens with two attached hydrogens (primary N) is 1. The third-order valence-electron chi connectivity index (χ3n) is 8.05. The Labute approximate surface area is 303 Å². The van der Waals surface area contributed by atoms with Gasteiger partial charge in [0.1, 0.15) is 0 Å². The van der Waals surface area contributed by atoms with Crippen molar-refractivity contribution in [3.63, 3.8) is 0 Å². The second kappa shape index (κ2) is 19.3. The molecule has 2 aliphatic carbocycles. The predicted octanol–water partition coefficient (Wildman–Crippen LogP) is 5.72. The van der Waals surface area contributed by atoms with Gasteiger partial charge in [-0.05, 0) is 56.4 Å². The molecule has 1 heterocycles. The van der Waals surface area contributed by atoms with Crippen LogP contribution in [0.5, 0.6) is 0 Å². The van der Waals surface area contributed by atoms with E-state index in [1.807, 2.05) is 13.8 Å². The van der Waals surface area contributed by atoms with E-state index in [-0.39, 0.29) is 5.91 Å². The fourth-order valence-electron chi connectivity index (χ4n) is 5.00. The summed E-state index contributed by atoms with van der Waals surface area (Å²) in [6.07, 6.45) is -13.1. The first-order chi connectivity index (χ1) is 24.6. The minimum absolute atomic E-state index is 0.218. The molecular formula is C31H37F12N3O9. The van der Waals surface area contributed by atoms with Gasteiger partial charge in [0.2, 0.25) is 5.91 Å². The summed E-state index contributed by atoms with van der Waals surface area (Å²) >= 11 is 0. The zero-order chi connectivity index (χ0) is 43.5. The molecule has 1 saturated heterocycles. The summed E-state index contributed by atoms with van der Waals surface area (Å²) in [5, 5.41) is 32.4. The minimum atomic E-state index is -5.08. The minimum Gasteiger partial charge on any atom is -0.475 e. The number of halogens is 12. The topological polar surface area (TPSA) is 208 Å². The quantitative estimate of drug-likeness (QED) is 0.183. The molecule has 1 amide bonds. The van der Waals surface area contributed by atoms with E-state index in [0.29, 0.717) is 23.4 Å². The van der Waals surface area contributed by atoms with E-state index in [0.717, 1.165) is 19.5 Å². The molecule has 2 atom stereocenters. The lowest BCUT2D eigenvalue weighted by atomic mass is 9.59. The molecule has 1 aromatic carbocycles. The Morgan fingerprint density at radius 1 is 0.745 bits per heavy atom. The normalized spacial score (nSPS) is 19.4. The average molecular weight is 824 g/mol. The van der Waals surface area contributed by atoms with Crippen LogP contribution in [0.2, 0.25) is 0 Å². The summed E-state index contributed by atoms with van der Waals surface area (Å²) in [6, 6.07) is 12.0. The Kier molecular flexibility index (Phi) is 17.7. The molecule has 7 N–H and O–H groups in total. The van der Waals surface area contributed by atoms with Gasteiger partial charge in [-0.15, -0.1) is 0 Å². The van der Waals surface area contributed by atoms with E-state index >= 15 is 0 Å². The zero-order valence-corrected chi connectivity index (χ0v) is 28.8. The number of carbonyl (C=O) groups is 5. The number of carbonyl (C=O) groups excluding carboxylic acids is 1. The number of likely N-dealkylation sites (tertiary alicyclic amines) is 1. The van der Waals surface area contributed by atoms with Gasteiger partial charge < -0.3 is 31.5 Å². The highest BCUT2D eigenvalue weighted by Crippen LogP contribution is 2.52. The standard InChI is InChI=1S/C23H33N3O.4C2HF3O2/c1-4-17(10-16-8-6-5-7-9-16)19-11-20(19)25-18-12-23(13-18)14-26(15-23)22(2,3)21(24)27;4*3-2(4,5)1(6)7/h5-10,18-20,25H,4,11-15H2,1-3H3,(H2,24,27);4*(H,6,7)/b17-10+;;;;/t19-,20+;;;;/m1..../s1. The first kappa shape index (κ1) is 50.4. The Bertz CT molecular complexity index is 1400. The molecule has 55 heavy (non-hydrogen) atoms. The van der Waals surface area contributed by atoms with Gasteiger partial charge in [-0.25, -0.2) is 19.2 Å². The van der Waals surface area contributed by atoms with E-state index in [1.54, 1.807) is 5.57 Å². The van der Waals surface area contributed by atoms with E-state index in [9.17, 15) is 57.5 Å². The lowest BCUT2D eigenvalue weighted by molar-refractivity contribution is -0.193. The highest BCUT2D eigenvalue weighted by atomic mass is 19.4. The molecule has 24 heteroatoms. The van der Waals surface area contributed by atoms with Crippen LogP contribution in [0.1, 0.15) is 52.0 Å². The molecular weight excluding hydrogens is 786 g/mol. The van der Waals surface area contributed by atoms with Gasteiger partial charge >= 0.3 is 48.6 Å². The average Bonchev–Trinajstić information content (AvgIpc) is 3.75.